The molecule has 0 aliphatic rings. The van der Waals surface area contributed by atoms with Gasteiger partial charge in [-0.05, 0) is 32.6 Å². The van der Waals surface area contributed by atoms with E-state index in [0.29, 0.717) is 0 Å². The van der Waals surface area contributed by atoms with Gasteiger partial charge in [0.1, 0.15) is 6.04 Å². The van der Waals surface area contributed by atoms with E-state index in [1.165, 1.54) is 6.92 Å². The van der Waals surface area contributed by atoms with E-state index in [-0.39, 0.29) is 32.1 Å². The minimum absolute atomic E-state index is 0.150. The summed E-state index contributed by atoms with van der Waals surface area (Å²) in [4.78, 5) is 56.4. The lowest BCUT2D eigenvalue weighted by Crippen LogP contribution is -2.61. The van der Waals surface area contributed by atoms with Crippen molar-refractivity contribution in [2.75, 3.05) is 0 Å². The molecule has 0 aromatic heterocycles. The number of aliphatic carboxylic acids is 3. The molecule has 0 aromatic rings. The third kappa shape index (κ3) is 9.51. The summed E-state index contributed by atoms with van der Waals surface area (Å²) in [6.07, 6.45) is -0.736. The fraction of sp³-hybridized carbons (Fsp3) is 0.667. The van der Waals surface area contributed by atoms with E-state index in [2.05, 4.69) is 10.6 Å². The summed E-state index contributed by atoms with van der Waals surface area (Å²) < 4.78 is 0. The van der Waals surface area contributed by atoms with Crippen molar-refractivity contribution < 1.29 is 39.3 Å². The van der Waals surface area contributed by atoms with E-state index in [9.17, 15) is 29.1 Å². The molecule has 0 saturated carbocycles. The maximum Gasteiger partial charge on any atom is 0.344 e. The van der Waals surface area contributed by atoms with Crippen LogP contribution in [0.3, 0.4) is 0 Å². The molecule has 2 amide bonds. The van der Waals surface area contributed by atoms with Crippen LogP contribution in [0.15, 0.2) is 0 Å². The Hall–Kier alpha value is -2.73. The molecular formula is C15H26N4O8. The summed E-state index contributed by atoms with van der Waals surface area (Å²) in [5.74, 6) is -5.45. The molecule has 0 aromatic carbocycles. The van der Waals surface area contributed by atoms with E-state index >= 15 is 0 Å². The monoisotopic (exact) mass is 390 g/mol. The van der Waals surface area contributed by atoms with Gasteiger partial charge in [-0.15, -0.1) is 0 Å². The summed E-state index contributed by atoms with van der Waals surface area (Å²) in [5, 5.41) is 31.1. The van der Waals surface area contributed by atoms with Gasteiger partial charge in [0.15, 0.2) is 5.66 Å². The van der Waals surface area contributed by atoms with Crippen molar-refractivity contribution in [1.82, 2.24) is 10.6 Å². The zero-order valence-electron chi connectivity index (χ0n) is 14.9. The summed E-state index contributed by atoms with van der Waals surface area (Å²) in [6, 6.07) is -2.31. The fourth-order valence-electron chi connectivity index (χ4n) is 2.05. The quantitative estimate of drug-likeness (QED) is 0.138. The molecule has 0 aliphatic heterocycles. The second-order valence-corrected chi connectivity index (χ2v) is 6.15. The van der Waals surface area contributed by atoms with Gasteiger partial charge in [-0.2, -0.15) is 0 Å². The van der Waals surface area contributed by atoms with Gasteiger partial charge in [0.2, 0.25) is 11.8 Å². The van der Waals surface area contributed by atoms with Crippen LogP contribution in [0.2, 0.25) is 0 Å². The van der Waals surface area contributed by atoms with Gasteiger partial charge in [0.25, 0.3) is 0 Å². The number of rotatable bonds is 13. The van der Waals surface area contributed by atoms with E-state index in [1.807, 2.05) is 0 Å². The SMILES string of the molecule is C[C@H](N)C(=O)N[C@@H](CCC(=O)NC(N)(CCCCC(=O)O)C(=O)O)C(=O)O. The molecule has 0 radical (unpaired) electrons. The van der Waals surface area contributed by atoms with Crippen LogP contribution in [-0.2, 0) is 24.0 Å². The predicted molar refractivity (Wildman–Crippen MR) is 91.3 cm³/mol. The van der Waals surface area contributed by atoms with Gasteiger partial charge >= 0.3 is 17.9 Å². The molecule has 3 atom stereocenters. The lowest BCUT2D eigenvalue weighted by atomic mass is 10.0. The van der Waals surface area contributed by atoms with Crippen molar-refractivity contribution in [2.24, 2.45) is 11.5 Å². The number of hydrogen-bond donors (Lipinski definition) is 7. The molecule has 154 valence electrons. The van der Waals surface area contributed by atoms with Crippen molar-refractivity contribution in [3.05, 3.63) is 0 Å². The fourth-order valence-corrected chi connectivity index (χ4v) is 2.05. The van der Waals surface area contributed by atoms with Crippen molar-refractivity contribution in [3.63, 3.8) is 0 Å². The Labute approximate surface area is 155 Å². The summed E-state index contributed by atoms with van der Waals surface area (Å²) in [7, 11) is 0. The first-order valence-electron chi connectivity index (χ1n) is 8.23. The Balaban J connectivity index is 4.70. The lowest BCUT2D eigenvalue weighted by molar-refractivity contribution is -0.148. The Morgan fingerprint density at radius 3 is 2.07 bits per heavy atom. The predicted octanol–water partition coefficient (Wildman–Crippen LogP) is -1.82. The average Bonchev–Trinajstić information content (AvgIpc) is 2.54. The van der Waals surface area contributed by atoms with Gasteiger partial charge in [0, 0.05) is 12.8 Å². The van der Waals surface area contributed by atoms with Crippen LogP contribution in [0.1, 0.15) is 45.4 Å². The summed E-state index contributed by atoms with van der Waals surface area (Å²) in [5.41, 5.74) is 8.89. The van der Waals surface area contributed by atoms with Crippen LogP contribution in [0.5, 0.6) is 0 Å². The zero-order chi connectivity index (χ0) is 21.2. The first-order valence-corrected chi connectivity index (χ1v) is 8.23. The van der Waals surface area contributed by atoms with Crippen LogP contribution in [0.25, 0.3) is 0 Å². The molecule has 1 unspecified atom stereocenters. The minimum Gasteiger partial charge on any atom is -0.481 e. The van der Waals surface area contributed by atoms with Crippen LogP contribution in [0.4, 0.5) is 0 Å². The number of amides is 2. The van der Waals surface area contributed by atoms with Gasteiger partial charge < -0.3 is 31.7 Å². The highest BCUT2D eigenvalue weighted by Gasteiger charge is 2.35. The summed E-state index contributed by atoms with van der Waals surface area (Å²) >= 11 is 0. The van der Waals surface area contributed by atoms with E-state index < -0.39 is 53.9 Å². The molecular weight excluding hydrogens is 364 g/mol. The largest absolute Gasteiger partial charge is 0.481 e. The number of nitrogens with two attached hydrogens (primary N) is 2. The standard InChI is InChI=1S/C15H26N4O8/c1-8(16)12(23)18-9(13(24)25)5-6-10(20)19-15(17,14(26)27)7-3-2-4-11(21)22/h8-9H,2-7,16-17H2,1H3,(H,18,23)(H,19,20)(H,21,22)(H,24,25)(H,26,27)/t8-,9-,15?/m0/s1. The van der Waals surface area contributed by atoms with Crippen molar-refractivity contribution in [3.8, 4) is 0 Å². The Kier molecular flexibility index (Phi) is 9.96. The molecule has 12 heteroatoms. The number of carboxylic acids is 3. The number of nitrogens with one attached hydrogen (secondary N) is 2. The van der Waals surface area contributed by atoms with Crippen molar-refractivity contribution >= 4 is 29.7 Å². The number of hydrogen-bond acceptors (Lipinski definition) is 7. The van der Waals surface area contributed by atoms with Gasteiger partial charge in [-0.3, -0.25) is 20.1 Å². The van der Waals surface area contributed by atoms with Crippen LogP contribution in [0, 0.1) is 0 Å². The third-order valence-electron chi connectivity index (χ3n) is 3.64. The van der Waals surface area contributed by atoms with E-state index in [1.54, 1.807) is 0 Å². The second-order valence-electron chi connectivity index (χ2n) is 6.15. The van der Waals surface area contributed by atoms with Crippen LogP contribution < -0.4 is 22.1 Å². The molecule has 0 saturated heterocycles. The Morgan fingerprint density at radius 2 is 1.63 bits per heavy atom. The molecule has 0 rings (SSSR count). The molecule has 9 N–H and O–H groups in total. The normalized spacial score (nSPS) is 15.1. The lowest BCUT2D eigenvalue weighted by Gasteiger charge is -2.26. The third-order valence-corrected chi connectivity index (χ3v) is 3.64. The smallest absolute Gasteiger partial charge is 0.344 e. The van der Waals surface area contributed by atoms with E-state index in [0.717, 1.165) is 0 Å². The first-order chi connectivity index (χ1) is 12.4. The number of unbranched alkanes of at least 4 members (excludes halogenated alkanes) is 1. The maximum absolute atomic E-state index is 12.0. The number of carbonyl (C=O) groups is 5. The number of carboxylic acid groups (broad SMARTS) is 3. The van der Waals surface area contributed by atoms with Crippen molar-refractivity contribution in [2.45, 2.75) is 63.2 Å². The van der Waals surface area contributed by atoms with Gasteiger partial charge in [-0.25, -0.2) is 9.59 Å². The molecule has 0 aliphatic carbocycles. The van der Waals surface area contributed by atoms with Crippen molar-refractivity contribution in [1.29, 1.82) is 0 Å². The zero-order valence-corrected chi connectivity index (χ0v) is 14.9. The van der Waals surface area contributed by atoms with Crippen LogP contribution >= 0.6 is 0 Å². The Bertz CT molecular complexity index is 580. The topological polar surface area (TPSA) is 222 Å². The highest BCUT2D eigenvalue weighted by molar-refractivity contribution is 5.88. The molecule has 0 spiro atoms. The maximum atomic E-state index is 12.0. The molecule has 12 nitrogen and oxygen atoms in total. The second kappa shape index (κ2) is 11.1. The average molecular weight is 390 g/mol. The molecule has 27 heavy (non-hydrogen) atoms. The Morgan fingerprint density at radius 1 is 1.04 bits per heavy atom. The molecule has 0 bridgehead atoms. The van der Waals surface area contributed by atoms with E-state index in [4.69, 9.17) is 21.7 Å². The van der Waals surface area contributed by atoms with Crippen LogP contribution in [-0.4, -0.2) is 62.8 Å². The minimum atomic E-state index is -2.11. The molecule has 0 heterocycles. The van der Waals surface area contributed by atoms with Gasteiger partial charge in [0.05, 0.1) is 6.04 Å². The molecule has 0 fully saturated rings. The first kappa shape index (κ1) is 24.3. The highest BCUT2D eigenvalue weighted by atomic mass is 16.4. The summed E-state index contributed by atoms with van der Waals surface area (Å²) in [6.45, 7) is 1.36. The highest BCUT2D eigenvalue weighted by Crippen LogP contribution is 2.12. The number of carbonyl (C=O) groups excluding carboxylic acids is 2. The van der Waals surface area contributed by atoms with Gasteiger partial charge in [-0.1, -0.05) is 0 Å².